The van der Waals surface area contributed by atoms with Gasteiger partial charge in [-0.15, -0.1) is 0 Å². The highest BCUT2D eigenvalue weighted by Gasteiger charge is 2.35. The summed E-state index contributed by atoms with van der Waals surface area (Å²) in [6, 6.07) is 0. The first-order chi connectivity index (χ1) is 9.71. The Kier molecular flexibility index (Phi) is 4.11. The topological polar surface area (TPSA) is 51.0 Å². The van der Waals surface area contributed by atoms with Gasteiger partial charge in [-0.3, -0.25) is 0 Å². The van der Waals surface area contributed by atoms with E-state index in [1.165, 1.54) is 32.1 Å². The van der Waals surface area contributed by atoms with Crippen molar-refractivity contribution in [3.8, 4) is 0 Å². The van der Waals surface area contributed by atoms with Crippen LogP contribution in [0.3, 0.4) is 0 Å². The molecule has 0 amide bonds. The van der Waals surface area contributed by atoms with Crippen molar-refractivity contribution < 1.29 is 4.52 Å². The molecule has 0 aromatic carbocycles. The molecule has 2 aliphatic rings. The molecule has 0 radical (unpaired) electrons. The summed E-state index contributed by atoms with van der Waals surface area (Å²) >= 11 is 0. The zero-order valence-electron chi connectivity index (χ0n) is 12.8. The molecule has 2 fully saturated rings. The Morgan fingerprint density at radius 3 is 2.55 bits per heavy atom. The van der Waals surface area contributed by atoms with Gasteiger partial charge >= 0.3 is 0 Å². The summed E-state index contributed by atoms with van der Waals surface area (Å²) in [5.74, 6) is 3.28. The van der Waals surface area contributed by atoms with Gasteiger partial charge in [-0.2, -0.15) is 4.98 Å². The van der Waals surface area contributed by atoms with Crippen LogP contribution in [0, 0.1) is 5.92 Å². The van der Waals surface area contributed by atoms with E-state index in [0.29, 0.717) is 5.92 Å². The standard InChI is InChI=1S/C16H27N3O/c1-3-12-4-6-13(7-5-12)14-18-15(20-19-14)16(2)8-10-17-11-9-16/h12-13,17H,3-11H2,1-2H3. The quantitative estimate of drug-likeness (QED) is 0.920. The van der Waals surface area contributed by atoms with Crippen LogP contribution in [0.1, 0.15) is 76.4 Å². The van der Waals surface area contributed by atoms with Crippen LogP contribution in [0.15, 0.2) is 4.52 Å². The third-order valence-corrected chi connectivity index (χ3v) is 5.45. The summed E-state index contributed by atoms with van der Waals surface area (Å²) in [6.45, 7) is 6.67. The molecule has 1 aliphatic heterocycles. The molecular formula is C16H27N3O. The molecule has 0 spiro atoms. The summed E-state index contributed by atoms with van der Waals surface area (Å²) < 4.78 is 5.62. The van der Waals surface area contributed by atoms with Gasteiger partial charge in [0.15, 0.2) is 5.82 Å². The molecule has 2 heterocycles. The zero-order chi connectivity index (χ0) is 14.0. The van der Waals surface area contributed by atoms with E-state index < -0.39 is 0 Å². The minimum absolute atomic E-state index is 0.0805. The second-order valence-electron chi connectivity index (χ2n) is 6.89. The first-order valence-corrected chi connectivity index (χ1v) is 8.26. The average Bonchev–Trinajstić information content (AvgIpc) is 2.99. The molecule has 0 unspecified atom stereocenters. The molecule has 3 rings (SSSR count). The molecule has 1 aromatic rings. The molecule has 0 atom stereocenters. The normalized spacial score (nSPS) is 30.3. The predicted molar refractivity (Wildman–Crippen MR) is 78.7 cm³/mol. The number of aromatic nitrogens is 2. The molecule has 112 valence electrons. The van der Waals surface area contributed by atoms with E-state index in [4.69, 9.17) is 9.51 Å². The number of piperidine rings is 1. The van der Waals surface area contributed by atoms with Crippen LogP contribution in [-0.4, -0.2) is 23.2 Å². The van der Waals surface area contributed by atoms with Gasteiger partial charge in [0.2, 0.25) is 5.89 Å². The lowest BCUT2D eigenvalue weighted by atomic mass is 9.80. The highest BCUT2D eigenvalue weighted by Crippen LogP contribution is 2.37. The summed E-state index contributed by atoms with van der Waals surface area (Å²) in [4.78, 5) is 4.77. The van der Waals surface area contributed by atoms with Gasteiger partial charge in [-0.25, -0.2) is 0 Å². The Balaban J connectivity index is 1.67. The van der Waals surface area contributed by atoms with Crippen molar-refractivity contribution in [1.29, 1.82) is 0 Å². The smallest absolute Gasteiger partial charge is 0.232 e. The maximum atomic E-state index is 5.62. The van der Waals surface area contributed by atoms with Crippen LogP contribution >= 0.6 is 0 Å². The summed E-state index contributed by atoms with van der Waals surface area (Å²) in [5, 5.41) is 7.71. The summed E-state index contributed by atoms with van der Waals surface area (Å²) in [7, 11) is 0. The largest absolute Gasteiger partial charge is 0.339 e. The van der Waals surface area contributed by atoms with Crippen molar-refractivity contribution in [3.05, 3.63) is 11.7 Å². The van der Waals surface area contributed by atoms with E-state index in [0.717, 1.165) is 43.6 Å². The average molecular weight is 277 g/mol. The van der Waals surface area contributed by atoms with Crippen molar-refractivity contribution in [2.24, 2.45) is 5.92 Å². The van der Waals surface area contributed by atoms with Crippen LogP contribution in [0.2, 0.25) is 0 Å². The van der Waals surface area contributed by atoms with Gasteiger partial charge in [0.05, 0.1) is 0 Å². The third kappa shape index (κ3) is 2.76. The lowest BCUT2D eigenvalue weighted by Crippen LogP contribution is -2.37. The van der Waals surface area contributed by atoms with Crippen LogP contribution in [-0.2, 0) is 5.41 Å². The second kappa shape index (κ2) is 5.84. The Hall–Kier alpha value is -0.900. The molecule has 0 bridgehead atoms. The molecule has 20 heavy (non-hydrogen) atoms. The maximum Gasteiger partial charge on any atom is 0.232 e. The van der Waals surface area contributed by atoms with E-state index in [1.807, 2.05) is 0 Å². The molecule has 1 N–H and O–H groups in total. The van der Waals surface area contributed by atoms with Crippen molar-refractivity contribution in [2.45, 2.75) is 70.1 Å². The zero-order valence-corrected chi connectivity index (χ0v) is 12.8. The number of rotatable bonds is 3. The van der Waals surface area contributed by atoms with Crippen molar-refractivity contribution in [3.63, 3.8) is 0 Å². The predicted octanol–water partition coefficient (Wildman–Crippen LogP) is 3.39. The van der Waals surface area contributed by atoms with Crippen LogP contribution in [0.25, 0.3) is 0 Å². The van der Waals surface area contributed by atoms with E-state index in [1.54, 1.807) is 0 Å². The Bertz CT molecular complexity index is 429. The van der Waals surface area contributed by atoms with E-state index >= 15 is 0 Å². The fraction of sp³-hybridized carbons (Fsp3) is 0.875. The summed E-state index contributed by atoms with van der Waals surface area (Å²) in [6.07, 6.45) is 8.62. The minimum atomic E-state index is 0.0805. The van der Waals surface area contributed by atoms with E-state index in [2.05, 4.69) is 24.3 Å². The molecule has 1 saturated carbocycles. The van der Waals surface area contributed by atoms with Crippen LogP contribution < -0.4 is 5.32 Å². The Labute approximate surface area is 121 Å². The van der Waals surface area contributed by atoms with Crippen LogP contribution in [0.4, 0.5) is 0 Å². The molecule has 4 nitrogen and oxygen atoms in total. The Morgan fingerprint density at radius 1 is 1.20 bits per heavy atom. The molecule has 1 aromatic heterocycles. The minimum Gasteiger partial charge on any atom is -0.339 e. The van der Waals surface area contributed by atoms with Crippen molar-refractivity contribution in [1.82, 2.24) is 15.5 Å². The number of hydrogen-bond acceptors (Lipinski definition) is 4. The number of nitrogens with one attached hydrogen (secondary N) is 1. The first-order valence-electron chi connectivity index (χ1n) is 8.26. The number of hydrogen-bond donors (Lipinski definition) is 1. The van der Waals surface area contributed by atoms with Crippen LogP contribution in [0.5, 0.6) is 0 Å². The van der Waals surface area contributed by atoms with Gasteiger partial charge in [0.1, 0.15) is 0 Å². The van der Waals surface area contributed by atoms with Gasteiger partial charge in [-0.1, -0.05) is 25.4 Å². The highest BCUT2D eigenvalue weighted by atomic mass is 16.5. The first kappa shape index (κ1) is 14.1. The third-order valence-electron chi connectivity index (χ3n) is 5.45. The maximum absolute atomic E-state index is 5.62. The lowest BCUT2D eigenvalue weighted by molar-refractivity contribution is 0.239. The van der Waals surface area contributed by atoms with E-state index in [9.17, 15) is 0 Å². The molecule has 1 saturated heterocycles. The SMILES string of the molecule is CCC1CCC(c2noc(C3(C)CCNCC3)n2)CC1. The Morgan fingerprint density at radius 2 is 1.90 bits per heavy atom. The van der Waals surface area contributed by atoms with Gasteiger partial charge < -0.3 is 9.84 Å². The fourth-order valence-corrected chi connectivity index (χ4v) is 3.67. The van der Waals surface area contributed by atoms with Crippen molar-refractivity contribution in [2.75, 3.05) is 13.1 Å². The summed E-state index contributed by atoms with van der Waals surface area (Å²) in [5.41, 5.74) is 0.0805. The van der Waals surface area contributed by atoms with Gasteiger partial charge in [0.25, 0.3) is 0 Å². The van der Waals surface area contributed by atoms with Gasteiger partial charge in [0, 0.05) is 11.3 Å². The van der Waals surface area contributed by atoms with E-state index in [-0.39, 0.29) is 5.41 Å². The lowest BCUT2D eigenvalue weighted by Gasteiger charge is -2.30. The molecule has 4 heteroatoms. The highest BCUT2D eigenvalue weighted by molar-refractivity contribution is 5.07. The molecule has 1 aliphatic carbocycles. The molecular weight excluding hydrogens is 250 g/mol. The van der Waals surface area contributed by atoms with Crippen molar-refractivity contribution >= 4 is 0 Å². The fourth-order valence-electron chi connectivity index (χ4n) is 3.67. The monoisotopic (exact) mass is 277 g/mol. The van der Waals surface area contributed by atoms with Gasteiger partial charge in [-0.05, 0) is 57.5 Å². The number of nitrogens with zero attached hydrogens (tertiary/aromatic N) is 2. The second-order valence-corrected chi connectivity index (χ2v) is 6.89.